The summed E-state index contributed by atoms with van der Waals surface area (Å²) in [6.07, 6.45) is 3.62. The number of aryl methyl sites for hydroxylation is 1. The standard InChI is InChI=1S/C18H19N5O/c1-14-6-2-3-7-15(14)21-18(24)20-11-13-23-12-9-17(22-23)16-8-4-5-10-19-16/h2-10,12H,11,13H2,1H3,(H2,20,21,24). The fourth-order valence-corrected chi connectivity index (χ4v) is 2.30. The van der Waals surface area contributed by atoms with Crippen molar-refractivity contribution in [3.63, 3.8) is 0 Å². The van der Waals surface area contributed by atoms with Gasteiger partial charge in [-0.1, -0.05) is 24.3 Å². The molecule has 0 radical (unpaired) electrons. The maximum Gasteiger partial charge on any atom is 0.319 e. The second-order valence-electron chi connectivity index (χ2n) is 5.37. The number of hydrogen-bond donors (Lipinski definition) is 2. The molecule has 6 heteroatoms. The van der Waals surface area contributed by atoms with Crippen molar-refractivity contribution in [3.8, 4) is 11.4 Å². The maximum atomic E-state index is 11.9. The molecular weight excluding hydrogens is 302 g/mol. The lowest BCUT2D eigenvalue weighted by Gasteiger charge is -2.09. The maximum absolute atomic E-state index is 11.9. The van der Waals surface area contributed by atoms with Crippen molar-refractivity contribution in [1.82, 2.24) is 20.1 Å². The molecule has 122 valence electrons. The Labute approximate surface area is 140 Å². The van der Waals surface area contributed by atoms with Crippen molar-refractivity contribution in [2.24, 2.45) is 0 Å². The van der Waals surface area contributed by atoms with Gasteiger partial charge in [0.25, 0.3) is 0 Å². The topological polar surface area (TPSA) is 71.8 Å². The van der Waals surface area contributed by atoms with E-state index in [1.54, 1.807) is 10.9 Å². The van der Waals surface area contributed by atoms with Crippen LogP contribution in [0, 0.1) is 6.92 Å². The summed E-state index contributed by atoms with van der Waals surface area (Å²) in [5.41, 5.74) is 3.49. The smallest absolute Gasteiger partial charge is 0.319 e. The largest absolute Gasteiger partial charge is 0.336 e. The van der Waals surface area contributed by atoms with Crippen LogP contribution in [0.5, 0.6) is 0 Å². The zero-order valence-corrected chi connectivity index (χ0v) is 13.4. The van der Waals surface area contributed by atoms with Crippen LogP contribution in [-0.4, -0.2) is 27.3 Å². The van der Waals surface area contributed by atoms with Crippen LogP contribution in [0.15, 0.2) is 60.9 Å². The van der Waals surface area contributed by atoms with Crippen LogP contribution in [0.2, 0.25) is 0 Å². The lowest BCUT2D eigenvalue weighted by Crippen LogP contribution is -2.31. The van der Waals surface area contributed by atoms with E-state index < -0.39 is 0 Å². The zero-order chi connectivity index (χ0) is 16.8. The average molecular weight is 321 g/mol. The van der Waals surface area contributed by atoms with E-state index in [-0.39, 0.29) is 6.03 Å². The first kappa shape index (κ1) is 15.7. The molecule has 0 unspecified atom stereocenters. The molecule has 24 heavy (non-hydrogen) atoms. The number of nitrogens with one attached hydrogen (secondary N) is 2. The third kappa shape index (κ3) is 3.98. The Balaban J connectivity index is 1.49. The molecular formula is C18H19N5O. The highest BCUT2D eigenvalue weighted by Crippen LogP contribution is 2.13. The minimum absolute atomic E-state index is 0.221. The van der Waals surface area contributed by atoms with E-state index in [1.807, 2.05) is 61.7 Å². The number of anilines is 1. The second kappa shape index (κ2) is 7.41. The van der Waals surface area contributed by atoms with Crippen molar-refractivity contribution >= 4 is 11.7 Å². The molecule has 3 aromatic rings. The van der Waals surface area contributed by atoms with Crippen LogP contribution in [0.25, 0.3) is 11.4 Å². The van der Waals surface area contributed by atoms with Crippen LogP contribution in [0.1, 0.15) is 5.56 Å². The summed E-state index contributed by atoms with van der Waals surface area (Å²) in [6, 6.07) is 15.1. The van der Waals surface area contributed by atoms with E-state index >= 15 is 0 Å². The minimum atomic E-state index is -0.221. The number of hydrogen-bond acceptors (Lipinski definition) is 3. The van der Waals surface area contributed by atoms with E-state index in [9.17, 15) is 4.79 Å². The first-order valence-corrected chi connectivity index (χ1v) is 7.78. The minimum Gasteiger partial charge on any atom is -0.336 e. The molecule has 0 aliphatic rings. The van der Waals surface area contributed by atoms with Gasteiger partial charge in [-0.15, -0.1) is 0 Å². The first-order valence-electron chi connectivity index (χ1n) is 7.78. The zero-order valence-electron chi connectivity index (χ0n) is 13.4. The molecule has 2 N–H and O–H groups in total. The van der Waals surface area contributed by atoms with Crippen molar-refractivity contribution in [3.05, 3.63) is 66.5 Å². The highest BCUT2D eigenvalue weighted by atomic mass is 16.2. The lowest BCUT2D eigenvalue weighted by molar-refractivity contribution is 0.251. The summed E-state index contributed by atoms with van der Waals surface area (Å²) in [4.78, 5) is 16.2. The quantitative estimate of drug-likeness (QED) is 0.758. The van der Waals surface area contributed by atoms with Gasteiger partial charge in [-0.05, 0) is 36.8 Å². The predicted molar refractivity (Wildman–Crippen MR) is 93.7 cm³/mol. The average Bonchev–Trinajstić information content (AvgIpc) is 3.07. The van der Waals surface area contributed by atoms with E-state index in [0.717, 1.165) is 22.6 Å². The van der Waals surface area contributed by atoms with Crippen LogP contribution in [-0.2, 0) is 6.54 Å². The normalized spacial score (nSPS) is 10.4. The van der Waals surface area contributed by atoms with E-state index in [1.165, 1.54) is 0 Å². The fraction of sp³-hybridized carbons (Fsp3) is 0.167. The molecule has 0 atom stereocenters. The van der Waals surface area contributed by atoms with Gasteiger partial charge in [0, 0.05) is 24.6 Å². The number of para-hydroxylation sites is 1. The van der Waals surface area contributed by atoms with Gasteiger partial charge in [-0.3, -0.25) is 9.67 Å². The Bertz CT molecular complexity index is 813. The fourth-order valence-electron chi connectivity index (χ4n) is 2.30. The van der Waals surface area contributed by atoms with E-state index in [0.29, 0.717) is 13.1 Å². The number of aromatic nitrogens is 3. The summed E-state index contributed by atoms with van der Waals surface area (Å²) < 4.78 is 1.79. The van der Waals surface area contributed by atoms with Gasteiger partial charge in [0.2, 0.25) is 0 Å². The second-order valence-corrected chi connectivity index (χ2v) is 5.37. The monoisotopic (exact) mass is 321 g/mol. The molecule has 0 aliphatic carbocycles. The molecule has 2 heterocycles. The Morgan fingerprint density at radius 3 is 2.71 bits per heavy atom. The summed E-state index contributed by atoms with van der Waals surface area (Å²) in [6.45, 7) is 3.04. The number of urea groups is 1. The predicted octanol–water partition coefficient (Wildman–Crippen LogP) is 3.08. The molecule has 0 bridgehead atoms. The summed E-state index contributed by atoms with van der Waals surface area (Å²) in [7, 11) is 0. The SMILES string of the molecule is Cc1ccccc1NC(=O)NCCn1ccc(-c2ccccn2)n1. The molecule has 0 saturated carbocycles. The van der Waals surface area contributed by atoms with Crippen LogP contribution in [0.4, 0.5) is 10.5 Å². The Kier molecular flexibility index (Phi) is 4.86. The molecule has 0 saturated heterocycles. The Morgan fingerprint density at radius 1 is 1.08 bits per heavy atom. The van der Waals surface area contributed by atoms with E-state index in [4.69, 9.17) is 0 Å². The highest BCUT2D eigenvalue weighted by molar-refractivity contribution is 5.89. The molecule has 2 amide bonds. The van der Waals surface area contributed by atoms with Gasteiger partial charge in [-0.25, -0.2) is 4.79 Å². The molecule has 3 rings (SSSR count). The summed E-state index contributed by atoms with van der Waals surface area (Å²) >= 11 is 0. The summed E-state index contributed by atoms with van der Waals surface area (Å²) in [5, 5.41) is 10.1. The van der Waals surface area contributed by atoms with Crippen LogP contribution < -0.4 is 10.6 Å². The van der Waals surface area contributed by atoms with Gasteiger partial charge in [-0.2, -0.15) is 5.10 Å². The van der Waals surface area contributed by atoms with Gasteiger partial charge < -0.3 is 10.6 Å². The number of carbonyl (C=O) groups excluding carboxylic acids is 1. The Morgan fingerprint density at radius 2 is 1.92 bits per heavy atom. The molecule has 6 nitrogen and oxygen atoms in total. The van der Waals surface area contributed by atoms with Gasteiger partial charge in [0.1, 0.15) is 5.69 Å². The molecule has 0 aliphatic heterocycles. The molecule has 1 aromatic carbocycles. The number of carbonyl (C=O) groups is 1. The number of nitrogens with zero attached hydrogens (tertiary/aromatic N) is 3. The third-order valence-corrected chi connectivity index (χ3v) is 3.59. The van der Waals surface area contributed by atoms with Crippen molar-refractivity contribution in [2.75, 3.05) is 11.9 Å². The highest BCUT2D eigenvalue weighted by Gasteiger charge is 2.05. The number of rotatable bonds is 5. The van der Waals surface area contributed by atoms with Gasteiger partial charge in [0.15, 0.2) is 0 Å². The summed E-state index contributed by atoms with van der Waals surface area (Å²) in [5.74, 6) is 0. The molecule has 2 aromatic heterocycles. The lowest BCUT2D eigenvalue weighted by atomic mass is 10.2. The van der Waals surface area contributed by atoms with Gasteiger partial charge >= 0.3 is 6.03 Å². The van der Waals surface area contributed by atoms with Gasteiger partial charge in [0.05, 0.1) is 12.2 Å². The van der Waals surface area contributed by atoms with Crippen LogP contribution >= 0.6 is 0 Å². The number of amides is 2. The number of pyridine rings is 1. The Hall–Kier alpha value is -3.15. The van der Waals surface area contributed by atoms with Crippen molar-refractivity contribution in [1.29, 1.82) is 0 Å². The molecule has 0 spiro atoms. The molecule has 0 fully saturated rings. The first-order chi connectivity index (χ1) is 11.7. The van der Waals surface area contributed by atoms with Crippen LogP contribution in [0.3, 0.4) is 0 Å². The van der Waals surface area contributed by atoms with E-state index in [2.05, 4.69) is 20.7 Å². The number of benzene rings is 1. The van der Waals surface area contributed by atoms with Crippen molar-refractivity contribution in [2.45, 2.75) is 13.5 Å². The van der Waals surface area contributed by atoms with Crippen molar-refractivity contribution < 1.29 is 4.79 Å². The third-order valence-electron chi connectivity index (χ3n) is 3.59.